The van der Waals surface area contributed by atoms with Crippen LogP contribution in [0.5, 0.6) is 0 Å². The minimum atomic E-state index is -3.52. The van der Waals surface area contributed by atoms with Gasteiger partial charge in [0.1, 0.15) is 0 Å². The molecule has 0 aliphatic carbocycles. The van der Waals surface area contributed by atoms with Gasteiger partial charge in [0, 0.05) is 31.4 Å². The van der Waals surface area contributed by atoms with Crippen LogP contribution in [0.4, 0.5) is 0 Å². The van der Waals surface area contributed by atoms with E-state index in [0.29, 0.717) is 30.8 Å². The summed E-state index contributed by atoms with van der Waals surface area (Å²) in [5.74, 6) is -0.192. The number of aryl methyl sites for hydroxylation is 2. The lowest BCUT2D eigenvalue weighted by Crippen LogP contribution is -2.43. The lowest BCUT2D eigenvalue weighted by molar-refractivity contribution is -0.126. The van der Waals surface area contributed by atoms with Crippen LogP contribution in [0, 0.1) is 19.8 Å². The van der Waals surface area contributed by atoms with Crippen molar-refractivity contribution in [1.82, 2.24) is 14.6 Å². The molecule has 0 spiro atoms. The molecule has 1 aliphatic rings. The maximum atomic E-state index is 12.9. The molecule has 1 aromatic heterocycles. The van der Waals surface area contributed by atoms with Crippen LogP contribution in [0.1, 0.15) is 42.5 Å². The molecule has 1 aliphatic heterocycles. The largest absolute Gasteiger partial charge is 0.349 e. The first-order chi connectivity index (χ1) is 13.3. The molecule has 2 aromatic rings. The molecule has 1 fully saturated rings. The molecule has 3 rings (SSSR count). The van der Waals surface area contributed by atoms with E-state index in [4.69, 9.17) is 0 Å². The molecule has 2 heterocycles. The summed E-state index contributed by atoms with van der Waals surface area (Å²) in [5.41, 5.74) is 3.02. The van der Waals surface area contributed by atoms with Crippen molar-refractivity contribution in [3.05, 3.63) is 59.4 Å². The van der Waals surface area contributed by atoms with Crippen molar-refractivity contribution in [1.29, 1.82) is 0 Å². The molecule has 1 aromatic carbocycles. The summed E-state index contributed by atoms with van der Waals surface area (Å²) in [6.45, 7) is 6.53. The van der Waals surface area contributed by atoms with Gasteiger partial charge < -0.3 is 5.32 Å². The molecular weight excluding hydrogens is 374 g/mol. The molecule has 1 amide bonds. The molecule has 0 radical (unpaired) electrons. The maximum absolute atomic E-state index is 12.9. The lowest BCUT2D eigenvalue weighted by atomic mass is 9.96. The highest BCUT2D eigenvalue weighted by molar-refractivity contribution is 7.89. The van der Waals surface area contributed by atoms with Crippen molar-refractivity contribution in [3.8, 4) is 0 Å². The summed E-state index contributed by atoms with van der Waals surface area (Å²) < 4.78 is 27.3. The van der Waals surface area contributed by atoms with E-state index in [-0.39, 0.29) is 17.9 Å². The van der Waals surface area contributed by atoms with Gasteiger partial charge in [0.2, 0.25) is 15.9 Å². The molecule has 6 nitrogen and oxygen atoms in total. The Morgan fingerprint density at radius 3 is 2.36 bits per heavy atom. The van der Waals surface area contributed by atoms with E-state index in [1.165, 1.54) is 4.31 Å². The van der Waals surface area contributed by atoms with Crippen molar-refractivity contribution < 1.29 is 13.2 Å². The van der Waals surface area contributed by atoms with Crippen molar-refractivity contribution in [2.24, 2.45) is 5.92 Å². The average Bonchev–Trinajstić information content (AvgIpc) is 2.70. The van der Waals surface area contributed by atoms with E-state index in [0.717, 1.165) is 16.7 Å². The number of nitrogens with one attached hydrogen (secondary N) is 1. The Morgan fingerprint density at radius 1 is 1.11 bits per heavy atom. The molecular formula is C21H27N3O3S. The SMILES string of the molecule is Cc1ccc(S(=O)(=O)N2CCC(C(=O)NC(C)c3ccncc3)CC2)cc1C. The number of pyridine rings is 1. The lowest BCUT2D eigenvalue weighted by Gasteiger charge is -2.31. The highest BCUT2D eigenvalue weighted by Crippen LogP contribution is 2.26. The zero-order valence-corrected chi connectivity index (χ0v) is 17.4. The van der Waals surface area contributed by atoms with Crippen molar-refractivity contribution in [2.75, 3.05) is 13.1 Å². The number of amides is 1. The number of sulfonamides is 1. The topological polar surface area (TPSA) is 79.4 Å². The van der Waals surface area contributed by atoms with Gasteiger partial charge in [0.15, 0.2) is 0 Å². The van der Waals surface area contributed by atoms with Gasteiger partial charge in [-0.2, -0.15) is 4.31 Å². The van der Waals surface area contributed by atoms with Crippen LogP contribution in [0.15, 0.2) is 47.6 Å². The normalized spacial score (nSPS) is 17.2. The summed E-state index contributed by atoms with van der Waals surface area (Å²) in [7, 11) is -3.52. The van der Waals surface area contributed by atoms with Gasteiger partial charge in [-0.05, 0) is 74.6 Å². The number of carbonyl (C=O) groups excluding carboxylic acids is 1. The van der Waals surface area contributed by atoms with Gasteiger partial charge in [-0.1, -0.05) is 6.07 Å². The van der Waals surface area contributed by atoms with E-state index in [2.05, 4.69) is 10.3 Å². The molecule has 0 saturated carbocycles. The van der Waals surface area contributed by atoms with Crippen molar-refractivity contribution in [3.63, 3.8) is 0 Å². The summed E-state index contributed by atoms with van der Waals surface area (Å²) in [5, 5.41) is 3.03. The van der Waals surface area contributed by atoms with Crippen molar-refractivity contribution >= 4 is 15.9 Å². The third-order valence-corrected chi connectivity index (χ3v) is 7.40. The second kappa shape index (κ2) is 8.41. The van der Waals surface area contributed by atoms with Gasteiger partial charge in [-0.25, -0.2) is 8.42 Å². The molecule has 1 unspecified atom stereocenters. The summed E-state index contributed by atoms with van der Waals surface area (Å²) >= 11 is 0. The maximum Gasteiger partial charge on any atom is 0.243 e. The number of nitrogens with zero attached hydrogens (tertiary/aromatic N) is 2. The first kappa shape index (κ1) is 20.5. The number of benzene rings is 1. The molecule has 150 valence electrons. The third kappa shape index (κ3) is 4.42. The Bertz CT molecular complexity index is 937. The predicted octanol–water partition coefficient (Wildman–Crippen LogP) is 2.98. The first-order valence-electron chi connectivity index (χ1n) is 9.56. The number of hydrogen-bond donors (Lipinski definition) is 1. The molecule has 28 heavy (non-hydrogen) atoms. The van der Waals surface area contributed by atoms with Crippen LogP contribution in [0.2, 0.25) is 0 Å². The Hall–Kier alpha value is -2.25. The second-order valence-corrected chi connectivity index (χ2v) is 9.37. The Kier molecular flexibility index (Phi) is 6.15. The predicted molar refractivity (Wildman–Crippen MR) is 108 cm³/mol. The van der Waals surface area contributed by atoms with E-state index < -0.39 is 10.0 Å². The highest BCUT2D eigenvalue weighted by Gasteiger charge is 2.32. The fraction of sp³-hybridized carbons (Fsp3) is 0.429. The zero-order valence-electron chi connectivity index (χ0n) is 16.6. The van der Waals surface area contributed by atoms with E-state index in [1.807, 2.05) is 39.0 Å². The van der Waals surface area contributed by atoms with Gasteiger partial charge in [-0.15, -0.1) is 0 Å². The van der Waals surface area contributed by atoms with Crippen LogP contribution in [-0.4, -0.2) is 36.7 Å². The van der Waals surface area contributed by atoms with E-state index in [1.54, 1.807) is 24.5 Å². The molecule has 1 atom stereocenters. The Balaban J connectivity index is 1.60. The number of aromatic nitrogens is 1. The quantitative estimate of drug-likeness (QED) is 0.835. The van der Waals surface area contributed by atoms with Crippen LogP contribution >= 0.6 is 0 Å². The van der Waals surface area contributed by atoms with Gasteiger partial charge in [0.25, 0.3) is 0 Å². The minimum Gasteiger partial charge on any atom is -0.349 e. The monoisotopic (exact) mass is 401 g/mol. The fourth-order valence-corrected chi connectivity index (χ4v) is 5.00. The third-order valence-electron chi connectivity index (χ3n) is 5.51. The van der Waals surface area contributed by atoms with E-state index in [9.17, 15) is 13.2 Å². The summed E-state index contributed by atoms with van der Waals surface area (Å²) in [4.78, 5) is 16.9. The number of carbonyl (C=O) groups is 1. The minimum absolute atomic E-state index is 0.0208. The fourth-order valence-electron chi connectivity index (χ4n) is 3.45. The van der Waals surface area contributed by atoms with Crippen LogP contribution in [0.25, 0.3) is 0 Å². The second-order valence-electron chi connectivity index (χ2n) is 7.44. The summed E-state index contributed by atoms with van der Waals surface area (Å²) in [6, 6.07) is 8.87. The standard InChI is InChI=1S/C21H27N3O3S/c1-15-4-5-20(14-16(15)2)28(26,27)24-12-8-19(9-13-24)21(25)23-17(3)18-6-10-22-11-7-18/h4-7,10-11,14,17,19H,8-9,12-13H2,1-3H3,(H,23,25). The average molecular weight is 402 g/mol. The van der Waals surface area contributed by atoms with Crippen LogP contribution in [-0.2, 0) is 14.8 Å². The van der Waals surface area contributed by atoms with Gasteiger partial charge >= 0.3 is 0 Å². The molecule has 7 heteroatoms. The van der Waals surface area contributed by atoms with Crippen LogP contribution < -0.4 is 5.32 Å². The number of rotatable bonds is 5. The number of piperidine rings is 1. The molecule has 1 N–H and O–H groups in total. The Labute approximate surface area is 167 Å². The van der Waals surface area contributed by atoms with Gasteiger partial charge in [0.05, 0.1) is 10.9 Å². The Morgan fingerprint density at radius 2 is 1.75 bits per heavy atom. The number of hydrogen-bond acceptors (Lipinski definition) is 4. The molecule has 0 bridgehead atoms. The van der Waals surface area contributed by atoms with Gasteiger partial charge in [-0.3, -0.25) is 9.78 Å². The zero-order chi connectivity index (χ0) is 20.3. The highest BCUT2D eigenvalue weighted by atomic mass is 32.2. The van der Waals surface area contributed by atoms with Crippen LogP contribution in [0.3, 0.4) is 0 Å². The van der Waals surface area contributed by atoms with Crippen molar-refractivity contribution in [2.45, 2.75) is 44.6 Å². The van der Waals surface area contributed by atoms with E-state index >= 15 is 0 Å². The smallest absolute Gasteiger partial charge is 0.243 e. The summed E-state index contributed by atoms with van der Waals surface area (Å²) in [6.07, 6.45) is 4.46. The first-order valence-corrected chi connectivity index (χ1v) is 11.0. The molecule has 1 saturated heterocycles.